The maximum Gasteiger partial charge on any atom is 0.146 e. The van der Waals surface area contributed by atoms with E-state index in [9.17, 15) is 4.39 Å². The first-order chi connectivity index (χ1) is 7.77. The molecule has 0 aliphatic heterocycles. The molecule has 0 fully saturated rings. The Kier molecular flexibility index (Phi) is 3.00. The second-order valence-electron chi connectivity index (χ2n) is 3.41. The van der Waals surface area contributed by atoms with Crippen LogP contribution >= 0.6 is 0 Å². The number of para-hydroxylation sites is 1. The van der Waals surface area contributed by atoms with Crippen molar-refractivity contribution in [3.63, 3.8) is 0 Å². The van der Waals surface area contributed by atoms with Gasteiger partial charge >= 0.3 is 0 Å². The average molecular weight is 217 g/mol. The van der Waals surface area contributed by atoms with E-state index in [2.05, 4.69) is 10.3 Å². The van der Waals surface area contributed by atoms with E-state index in [0.29, 0.717) is 17.9 Å². The zero-order valence-corrected chi connectivity index (χ0v) is 8.65. The van der Waals surface area contributed by atoms with Gasteiger partial charge in [0.05, 0.1) is 5.69 Å². The molecule has 82 valence electrons. The van der Waals surface area contributed by atoms with Gasteiger partial charge in [0, 0.05) is 30.2 Å². The van der Waals surface area contributed by atoms with Crippen LogP contribution < -0.4 is 11.1 Å². The van der Waals surface area contributed by atoms with Crippen LogP contribution in [0.1, 0.15) is 5.56 Å². The summed E-state index contributed by atoms with van der Waals surface area (Å²) in [6, 6.07) is 8.24. The minimum atomic E-state index is -0.273. The van der Waals surface area contributed by atoms with Crippen LogP contribution in [0.4, 0.5) is 15.8 Å². The van der Waals surface area contributed by atoms with Crippen molar-refractivity contribution in [1.82, 2.24) is 4.98 Å². The molecule has 0 radical (unpaired) electrons. The number of pyridine rings is 1. The highest BCUT2D eigenvalue weighted by atomic mass is 19.1. The Hall–Kier alpha value is -2.10. The fourth-order valence-electron chi connectivity index (χ4n) is 1.38. The first-order valence-corrected chi connectivity index (χ1v) is 4.94. The van der Waals surface area contributed by atoms with Crippen LogP contribution in [0.5, 0.6) is 0 Å². The molecule has 1 heterocycles. The second-order valence-corrected chi connectivity index (χ2v) is 3.41. The highest BCUT2D eigenvalue weighted by Crippen LogP contribution is 2.15. The fraction of sp³-hybridized carbons (Fsp3) is 0.0833. The molecule has 0 unspecified atom stereocenters. The Morgan fingerprint density at radius 2 is 2.06 bits per heavy atom. The quantitative estimate of drug-likeness (QED) is 0.830. The number of nitrogens with two attached hydrogens (primary N) is 1. The molecule has 1 aromatic carbocycles. The monoisotopic (exact) mass is 217 g/mol. The van der Waals surface area contributed by atoms with Crippen molar-refractivity contribution in [2.24, 2.45) is 0 Å². The van der Waals surface area contributed by atoms with Gasteiger partial charge in [-0.05, 0) is 18.2 Å². The summed E-state index contributed by atoms with van der Waals surface area (Å²) >= 11 is 0. The van der Waals surface area contributed by atoms with Crippen molar-refractivity contribution in [2.75, 3.05) is 11.1 Å². The lowest BCUT2D eigenvalue weighted by Crippen LogP contribution is -2.04. The number of rotatable bonds is 3. The number of nitrogens with zero attached hydrogens (tertiary/aromatic N) is 1. The predicted molar refractivity (Wildman–Crippen MR) is 62.4 cm³/mol. The zero-order valence-electron chi connectivity index (χ0n) is 8.65. The van der Waals surface area contributed by atoms with Gasteiger partial charge in [0.2, 0.25) is 0 Å². The van der Waals surface area contributed by atoms with Gasteiger partial charge in [-0.2, -0.15) is 0 Å². The number of aromatic nitrogens is 1. The number of benzene rings is 1. The lowest BCUT2D eigenvalue weighted by atomic mass is 10.2. The molecule has 0 aliphatic carbocycles. The Bertz CT molecular complexity index is 440. The summed E-state index contributed by atoms with van der Waals surface area (Å²) in [4.78, 5) is 3.97. The molecule has 0 amide bonds. The fourth-order valence-corrected chi connectivity index (χ4v) is 1.38. The van der Waals surface area contributed by atoms with Gasteiger partial charge in [0.15, 0.2) is 0 Å². The van der Waals surface area contributed by atoms with Gasteiger partial charge in [0.25, 0.3) is 0 Å². The largest absolute Gasteiger partial charge is 0.398 e. The summed E-state index contributed by atoms with van der Waals surface area (Å²) in [6.45, 7) is 0.459. The number of nitrogen functional groups attached to an aromatic ring is 1. The molecule has 2 rings (SSSR count). The molecular formula is C12H12FN3. The summed E-state index contributed by atoms with van der Waals surface area (Å²) < 4.78 is 13.3. The van der Waals surface area contributed by atoms with Crippen molar-refractivity contribution in [3.05, 3.63) is 54.1 Å². The Labute approximate surface area is 93.1 Å². The summed E-state index contributed by atoms with van der Waals surface area (Å²) in [6.07, 6.45) is 3.30. The summed E-state index contributed by atoms with van der Waals surface area (Å²) in [5.74, 6) is -0.273. The van der Waals surface area contributed by atoms with E-state index in [4.69, 9.17) is 5.73 Å². The molecule has 0 saturated heterocycles. The summed E-state index contributed by atoms with van der Waals surface area (Å²) in [7, 11) is 0. The number of anilines is 2. The van der Waals surface area contributed by atoms with Crippen molar-refractivity contribution in [3.8, 4) is 0 Å². The molecule has 0 atom stereocenters. The van der Waals surface area contributed by atoms with Crippen LogP contribution in [0.15, 0.2) is 42.7 Å². The van der Waals surface area contributed by atoms with Crippen LogP contribution in [0, 0.1) is 5.82 Å². The lowest BCUT2D eigenvalue weighted by molar-refractivity contribution is 0.630. The minimum absolute atomic E-state index is 0.273. The van der Waals surface area contributed by atoms with E-state index in [1.807, 2.05) is 0 Å². The standard InChI is InChI=1S/C12H12FN3/c13-10-3-1-2-4-12(10)16-8-9-7-15-6-5-11(9)14/h1-7,16H,8H2,(H2,14,15). The van der Waals surface area contributed by atoms with Gasteiger partial charge < -0.3 is 11.1 Å². The zero-order chi connectivity index (χ0) is 11.4. The first kappa shape index (κ1) is 10.4. The van der Waals surface area contributed by atoms with Crippen molar-refractivity contribution in [1.29, 1.82) is 0 Å². The molecule has 0 saturated carbocycles. The molecule has 3 nitrogen and oxygen atoms in total. The van der Waals surface area contributed by atoms with E-state index < -0.39 is 0 Å². The predicted octanol–water partition coefficient (Wildman–Crippen LogP) is 2.42. The lowest BCUT2D eigenvalue weighted by Gasteiger charge is -2.08. The van der Waals surface area contributed by atoms with Crippen molar-refractivity contribution < 1.29 is 4.39 Å². The molecular weight excluding hydrogens is 205 g/mol. The van der Waals surface area contributed by atoms with Crippen molar-refractivity contribution in [2.45, 2.75) is 6.54 Å². The maximum absolute atomic E-state index is 13.3. The third-order valence-electron chi connectivity index (χ3n) is 2.28. The Balaban J connectivity index is 2.09. The number of hydrogen-bond donors (Lipinski definition) is 2. The van der Waals surface area contributed by atoms with Gasteiger partial charge in [-0.25, -0.2) is 4.39 Å². The molecule has 0 spiro atoms. The molecule has 0 bridgehead atoms. The summed E-state index contributed by atoms with van der Waals surface area (Å²) in [5.41, 5.74) is 7.72. The molecule has 1 aromatic heterocycles. The first-order valence-electron chi connectivity index (χ1n) is 4.94. The van der Waals surface area contributed by atoms with E-state index >= 15 is 0 Å². The Morgan fingerprint density at radius 3 is 2.81 bits per heavy atom. The number of halogens is 1. The van der Waals surface area contributed by atoms with Gasteiger partial charge in [-0.15, -0.1) is 0 Å². The minimum Gasteiger partial charge on any atom is -0.398 e. The maximum atomic E-state index is 13.3. The molecule has 16 heavy (non-hydrogen) atoms. The van der Waals surface area contributed by atoms with Crippen LogP contribution in [0.2, 0.25) is 0 Å². The van der Waals surface area contributed by atoms with Gasteiger partial charge in [-0.1, -0.05) is 12.1 Å². The third kappa shape index (κ3) is 2.28. The number of nitrogens with one attached hydrogen (secondary N) is 1. The second kappa shape index (κ2) is 4.61. The molecule has 4 heteroatoms. The Morgan fingerprint density at radius 1 is 1.25 bits per heavy atom. The van der Waals surface area contributed by atoms with E-state index in [-0.39, 0.29) is 5.82 Å². The molecule has 2 aromatic rings. The highest BCUT2D eigenvalue weighted by molar-refractivity contribution is 5.49. The van der Waals surface area contributed by atoms with E-state index in [1.165, 1.54) is 6.07 Å². The van der Waals surface area contributed by atoms with Crippen molar-refractivity contribution >= 4 is 11.4 Å². The third-order valence-corrected chi connectivity index (χ3v) is 2.28. The topological polar surface area (TPSA) is 50.9 Å². The van der Waals surface area contributed by atoms with E-state index in [0.717, 1.165) is 5.56 Å². The highest BCUT2D eigenvalue weighted by Gasteiger charge is 2.01. The smallest absolute Gasteiger partial charge is 0.146 e. The van der Waals surface area contributed by atoms with Crippen LogP contribution in [0.3, 0.4) is 0 Å². The average Bonchev–Trinajstić information content (AvgIpc) is 2.30. The SMILES string of the molecule is Nc1ccncc1CNc1ccccc1F. The molecule has 3 N–H and O–H groups in total. The normalized spacial score (nSPS) is 10.1. The van der Waals surface area contributed by atoms with E-state index in [1.54, 1.807) is 36.7 Å². The van der Waals surface area contributed by atoms with Gasteiger partial charge in [0.1, 0.15) is 5.82 Å². The van der Waals surface area contributed by atoms with Crippen LogP contribution in [0.25, 0.3) is 0 Å². The molecule has 0 aliphatic rings. The summed E-state index contributed by atoms with van der Waals surface area (Å²) in [5, 5.41) is 2.98. The van der Waals surface area contributed by atoms with Gasteiger partial charge in [-0.3, -0.25) is 4.98 Å². The van der Waals surface area contributed by atoms with Crippen LogP contribution in [-0.2, 0) is 6.54 Å². The number of hydrogen-bond acceptors (Lipinski definition) is 3. The van der Waals surface area contributed by atoms with Crippen LogP contribution in [-0.4, -0.2) is 4.98 Å².